The second-order valence-corrected chi connectivity index (χ2v) is 22.6. The summed E-state index contributed by atoms with van der Waals surface area (Å²) in [6, 6.07) is 20.5. The van der Waals surface area contributed by atoms with E-state index in [1.807, 2.05) is 79.7 Å². The number of ether oxygens (including phenoxy) is 4. The first-order valence-corrected chi connectivity index (χ1v) is 27.2. The quantitative estimate of drug-likeness (QED) is 0.0299. The number of nitrogens with two attached hydrogens (primary N) is 2. The summed E-state index contributed by atoms with van der Waals surface area (Å²) in [6.07, 6.45) is 2.86. The van der Waals surface area contributed by atoms with Gasteiger partial charge in [-0.1, -0.05) is 94.2 Å². The Hall–Kier alpha value is -6.78. The molecule has 16 nitrogen and oxygen atoms in total. The van der Waals surface area contributed by atoms with Crippen LogP contribution in [0.25, 0.3) is 0 Å². The topological polar surface area (TPSA) is 238 Å². The lowest BCUT2D eigenvalue weighted by Crippen LogP contribution is -2.45. The van der Waals surface area contributed by atoms with Crippen LogP contribution in [0.15, 0.2) is 78.9 Å². The van der Waals surface area contributed by atoms with Gasteiger partial charge in [-0.05, 0) is 111 Å². The number of rotatable bonds is 25. The number of carbonyl (C=O) groups excluding carboxylic acids is 3. The summed E-state index contributed by atoms with van der Waals surface area (Å²) in [6.45, 7) is 16.8. The summed E-state index contributed by atoms with van der Waals surface area (Å²) in [5.41, 5.74) is 10.6. The lowest BCUT2D eigenvalue weighted by molar-refractivity contribution is -0.122. The van der Waals surface area contributed by atoms with Crippen LogP contribution in [-0.2, 0) is 32.6 Å². The minimum absolute atomic E-state index is 0.0498. The highest BCUT2D eigenvalue weighted by atomic mass is 35.5. The molecule has 1 aliphatic heterocycles. The SMILES string of the molecule is CCc1nc(N)nc(N)c1OCCCOc1ccccc1CCC(=O)NC(C)C(C)CCOC(C)(C)CNC(=O)c1ccc(NC(=O)C2N[C@@H](CC(C)(C)C)[C@](C#N)(c3ccc(Cl)cc3F)[C@H]2c2cccc(Cl)c2F)c(OC)c1. The smallest absolute Gasteiger partial charge is 0.251 e. The van der Waals surface area contributed by atoms with Crippen LogP contribution < -0.4 is 46.9 Å². The number of aryl methyl sites for hydroxylation is 2. The molecular weight excluding hydrogens is 1060 g/mol. The van der Waals surface area contributed by atoms with Crippen molar-refractivity contribution in [3.8, 4) is 23.3 Å². The molecule has 1 aliphatic rings. The molecule has 8 N–H and O–H groups in total. The molecule has 3 amide bonds. The number of nitrogen functional groups attached to an aromatic ring is 2. The van der Waals surface area contributed by atoms with Crippen molar-refractivity contribution in [2.75, 3.05) is 50.3 Å². The molecule has 0 spiro atoms. The summed E-state index contributed by atoms with van der Waals surface area (Å²) in [5, 5.41) is 23.3. The minimum atomic E-state index is -1.83. The van der Waals surface area contributed by atoms with Crippen molar-refractivity contribution >= 4 is 58.4 Å². The summed E-state index contributed by atoms with van der Waals surface area (Å²) in [5.74, 6) is -2.44. The van der Waals surface area contributed by atoms with Gasteiger partial charge in [0.25, 0.3) is 5.91 Å². The highest BCUT2D eigenvalue weighted by molar-refractivity contribution is 6.31. The molecule has 5 aromatic rings. The number of nitriles is 1. The van der Waals surface area contributed by atoms with Gasteiger partial charge < -0.3 is 51.7 Å². The van der Waals surface area contributed by atoms with Gasteiger partial charge in [0.05, 0.1) is 54.4 Å². The highest BCUT2D eigenvalue weighted by Gasteiger charge is 2.61. The standard InChI is InChI=1S/C59H73Cl2F2N9O7/c1-10-43-52(53(65)72-56(66)70-43)78-27-14-26-77-45-18-12-11-15-36(45)20-24-48(73)68-35(3)34(2)25-28-79-58(7,8)33-67-54(74)37-19-23-44(46(29-37)76-9)69-55(75)51-49(39-16-13-17-41(61)50(39)63)59(32-64,47(71-51)31-57(4,5)6)40-22-21-38(60)30-42(40)62/h11-13,15-19,21-23,29-30,34-35,47,49,51,71H,10,14,20,24-28,31,33H2,1-9H3,(H,67,74)(H,68,73)(H,69,75)(H4,65,66,70,72)/t34?,35?,47-,49-,51?,59-/m0/s1. The van der Waals surface area contributed by atoms with Crippen molar-refractivity contribution in [3.63, 3.8) is 0 Å². The first-order valence-electron chi connectivity index (χ1n) is 26.4. The Morgan fingerprint density at radius 3 is 2.35 bits per heavy atom. The van der Waals surface area contributed by atoms with Gasteiger partial charge in [-0.15, -0.1) is 0 Å². The van der Waals surface area contributed by atoms with E-state index in [-0.39, 0.29) is 87.2 Å². The molecule has 0 radical (unpaired) electrons. The molecule has 2 heterocycles. The van der Waals surface area contributed by atoms with E-state index in [1.165, 1.54) is 55.6 Å². The number of nitrogens with zero attached hydrogens (tertiary/aromatic N) is 3. The van der Waals surface area contributed by atoms with Gasteiger partial charge in [-0.25, -0.2) is 13.8 Å². The summed E-state index contributed by atoms with van der Waals surface area (Å²) in [4.78, 5) is 49.6. The first kappa shape index (κ1) is 61.4. The number of amides is 3. The molecule has 0 aliphatic carbocycles. The van der Waals surface area contributed by atoms with Gasteiger partial charge in [0.15, 0.2) is 11.6 Å². The van der Waals surface area contributed by atoms with E-state index < -0.39 is 57.9 Å². The van der Waals surface area contributed by atoms with Crippen molar-refractivity contribution < 1.29 is 42.1 Å². The molecule has 4 aromatic carbocycles. The molecule has 1 aromatic heterocycles. The van der Waals surface area contributed by atoms with Crippen molar-refractivity contribution in [3.05, 3.63) is 128 Å². The van der Waals surface area contributed by atoms with E-state index in [2.05, 4.69) is 37.3 Å². The summed E-state index contributed by atoms with van der Waals surface area (Å²) in [7, 11) is 1.38. The fraction of sp³-hybridized carbons (Fsp3) is 0.458. The minimum Gasteiger partial charge on any atom is -0.495 e. The number of carbonyl (C=O) groups is 3. The van der Waals surface area contributed by atoms with E-state index in [9.17, 15) is 19.6 Å². The van der Waals surface area contributed by atoms with Gasteiger partial charge >= 0.3 is 0 Å². The maximum Gasteiger partial charge on any atom is 0.251 e. The Balaban J connectivity index is 1.00. The Morgan fingerprint density at radius 2 is 1.66 bits per heavy atom. The maximum atomic E-state index is 16.2. The Kier molecular flexibility index (Phi) is 20.9. The Bertz CT molecular complexity index is 3010. The molecule has 6 rings (SSSR count). The number of methoxy groups -OCH3 is 1. The van der Waals surface area contributed by atoms with Crippen molar-refractivity contribution in [1.29, 1.82) is 5.26 Å². The van der Waals surface area contributed by atoms with E-state index >= 15 is 8.78 Å². The molecule has 79 heavy (non-hydrogen) atoms. The normalized spacial score (nSPS) is 18.0. The van der Waals surface area contributed by atoms with Crippen molar-refractivity contribution in [2.45, 2.75) is 129 Å². The zero-order valence-electron chi connectivity index (χ0n) is 46.3. The molecule has 1 saturated heterocycles. The molecule has 3 unspecified atom stereocenters. The Morgan fingerprint density at radius 1 is 0.924 bits per heavy atom. The Labute approximate surface area is 472 Å². The summed E-state index contributed by atoms with van der Waals surface area (Å²) < 4.78 is 56.2. The highest BCUT2D eigenvalue weighted by Crippen LogP contribution is 2.53. The van der Waals surface area contributed by atoms with Gasteiger partial charge in [0.1, 0.15) is 28.5 Å². The van der Waals surface area contributed by atoms with E-state index in [0.29, 0.717) is 62.7 Å². The molecule has 424 valence electrons. The average Bonchev–Trinajstić information content (AvgIpc) is 3.87. The van der Waals surface area contributed by atoms with Crippen molar-refractivity contribution in [1.82, 2.24) is 25.9 Å². The molecule has 0 saturated carbocycles. The third-order valence-corrected chi connectivity index (χ3v) is 14.7. The van der Waals surface area contributed by atoms with Gasteiger partial charge in [-0.2, -0.15) is 10.2 Å². The number of halogens is 4. The maximum absolute atomic E-state index is 16.2. The van der Waals surface area contributed by atoms with E-state index in [1.54, 1.807) is 0 Å². The number of anilines is 3. The zero-order chi connectivity index (χ0) is 57.8. The third-order valence-electron chi connectivity index (χ3n) is 14.1. The zero-order valence-corrected chi connectivity index (χ0v) is 47.8. The number of aromatic nitrogens is 2. The fourth-order valence-corrected chi connectivity index (χ4v) is 10.2. The monoisotopic (exact) mass is 1130 g/mol. The van der Waals surface area contributed by atoms with Crippen LogP contribution >= 0.6 is 23.2 Å². The lowest BCUT2D eigenvalue weighted by atomic mass is 9.62. The summed E-state index contributed by atoms with van der Waals surface area (Å²) >= 11 is 12.5. The lowest BCUT2D eigenvalue weighted by Gasteiger charge is -2.37. The molecule has 1 fully saturated rings. The van der Waals surface area contributed by atoms with Gasteiger partial charge in [-0.3, -0.25) is 14.4 Å². The average molecular weight is 1130 g/mol. The molecular formula is C59H73Cl2F2N9O7. The van der Waals surface area contributed by atoms with E-state index in [4.69, 9.17) is 53.6 Å². The van der Waals surface area contributed by atoms with Crippen LogP contribution in [-0.4, -0.2) is 84.9 Å². The fourth-order valence-electron chi connectivity index (χ4n) is 9.84. The van der Waals surface area contributed by atoms with Crippen LogP contribution in [0.3, 0.4) is 0 Å². The van der Waals surface area contributed by atoms with Crippen LogP contribution in [0, 0.1) is 34.3 Å². The van der Waals surface area contributed by atoms with Crippen LogP contribution in [0.4, 0.5) is 26.2 Å². The second-order valence-electron chi connectivity index (χ2n) is 21.8. The molecule has 0 bridgehead atoms. The predicted molar refractivity (Wildman–Crippen MR) is 304 cm³/mol. The third kappa shape index (κ3) is 15.5. The number of hydrogen-bond donors (Lipinski definition) is 6. The number of nitrogens with one attached hydrogen (secondary N) is 4. The molecule has 20 heteroatoms. The van der Waals surface area contributed by atoms with Crippen molar-refractivity contribution in [2.24, 2.45) is 11.3 Å². The largest absolute Gasteiger partial charge is 0.495 e. The first-order chi connectivity index (χ1) is 37.4. The van der Waals surface area contributed by atoms with Crippen LogP contribution in [0.1, 0.15) is 120 Å². The van der Waals surface area contributed by atoms with Gasteiger partial charge in [0, 0.05) is 60.1 Å². The molecule has 6 atom stereocenters. The van der Waals surface area contributed by atoms with E-state index in [0.717, 1.165) is 11.6 Å². The number of benzene rings is 4. The number of hydrogen-bond acceptors (Lipinski definition) is 13. The second kappa shape index (κ2) is 26.9. The number of para-hydroxylation sites is 1. The van der Waals surface area contributed by atoms with Crippen LogP contribution in [0.5, 0.6) is 17.2 Å². The van der Waals surface area contributed by atoms with Crippen LogP contribution in [0.2, 0.25) is 10.0 Å². The van der Waals surface area contributed by atoms with Gasteiger partial charge in [0.2, 0.25) is 17.8 Å². The predicted octanol–water partition coefficient (Wildman–Crippen LogP) is 10.3.